The summed E-state index contributed by atoms with van der Waals surface area (Å²) in [4.78, 5) is 4.36. The summed E-state index contributed by atoms with van der Waals surface area (Å²) < 4.78 is 4.19. The second kappa shape index (κ2) is 4.67. The van der Waals surface area contributed by atoms with Gasteiger partial charge < -0.3 is 11.1 Å². The Balaban J connectivity index is 2.04. The highest BCUT2D eigenvalue weighted by Crippen LogP contribution is 2.34. The van der Waals surface area contributed by atoms with Gasteiger partial charge in [0.15, 0.2) is 0 Å². The van der Waals surface area contributed by atoms with Gasteiger partial charge in [-0.1, -0.05) is 6.92 Å². The summed E-state index contributed by atoms with van der Waals surface area (Å²) >= 11 is 1.43. The largest absolute Gasteiger partial charge is 0.354 e. The van der Waals surface area contributed by atoms with Crippen LogP contribution in [0.3, 0.4) is 0 Å². The van der Waals surface area contributed by atoms with E-state index in [1.165, 1.54) is 24.4 Å². The third-order valence-electron chi connectivity index (χ3n) is 3.52. The highest BCUT2D eigenvalue weighted by Gasteiger charge is 2.33. The maximum Gasteiger partial charge on any atom is 0.203 e. The van der Waals surface area contributed by atoms with Gasteiger partial charge in [-0.15, -0.1) is 0 Å². The van der Waals surface area contributed by atoms with E-state index in [4.69, 9.17) is 5.73 Å². The highest BCUT2D eigenvalue weighted by molar-refractivity contribution is 7.09. The number of nitrogens with zero attached hydrogens (tertiary/aromatic N) is 2. The Morgan fingerprint density at radius 3 is 2.69 bits per heavy atom. The maximum atomic E-state index is 5.93. The monoisotopic (exact) mass is 240 g/mol. The third-order valence-corrected chi connectivity index (χ3v) is 4.24. The molecule has 1 aromatic heterocycles. The van der Waals surface area contributed by atoms with Crippen molar-refractivity contribution in [2.75, 3.05) is 11.9 Å². The van der Waals surface area contributed by atoms with Crippen LogP contribution >= 0.6 is 11.5 Å². The quantitative estimate of drug-likeness (QED) is 0.850. The lowest BCUT2D eigenvalue weighted by atomic mass is 9.77. The standard InChI is InChI=1S/C11H20N4S/c1-8-3-5-11(7-12,6-4-8)14-10-13-9(2)15-16-10/h8H,3-7,12H2,1-2H3,(H,13,14,15). The summed E-state index contributed by atoms with van der Waals surface area (Å²) in [5.41, 5.74) is 5.99. The Labute approximate surface area is 101 Å². The van der Waals surface area contributed by atoms with Crippen LogP contribution in [0.4, 0.5) is 5.13 Å². The molecule has 0 aliphatic heterocycles. The van der Waals surface area contributed by atoms with E-state index in [0.29, 0.717) is 6.54 Å². The lowest BCUT2D eigenvalue weighted by Crippen LogP contribution is -2.48. The van der Waals surface area contributed by atoms with Gasteiger partial charge in [0.25, 0.3) is 0 Å². The van der Waals surface area contributed by atoms with Crippen molar-refractivity contribution in [3.63, 3.8) is 0 Å². The van der Waals surface area contributed by atoms with Crippen LogP contribution in [-0.4, -0.2) is 21.4 Å². The molecule has 0 atom stereocenters. The van der Waals surface area contributed by atoms with Crippen molar-refractivity contribution in [2.45, 2.75) is 45.1 Å². The molecule has 0 bridgehead atoms. The smallest absolute Gasteiger partial charge is 0.203 e. The topological polar surface area (TPSA) is 63.8 Å². The molecule has 0 radical (unpaired) electrons. The zero-order valence-corrected chi connectivity index (χ0v) is 10.8. The average Bonchev–Trinajstić information content (AvgIpc) is 2.68. The highest BCUT2D eigenvalue weighted by atomic mass is 32.1. The van der Waals surface area contributed by atoms with Crippen LogP contribution in [0, 0.1) is 12.8 Å². The van der Waals surface area contributed by atoms with Crippen LogP contribution in [-0.2, 0) is 0 Å². The van der Waals surface area contributed by atoms with Crippen molar-refractivity contribution >= 4 is 16.7 Å². The van der Waals surface area contributed by atoms with E-state index in [-0.39, 0.29) is 5.54 Å². The third kappa shape index (κ3) is 2.52. The molecule has 90 valence electrons. The van der Waals surface area contributed by atoms with Gasteiger partial charge in [0.2, 0.25) is 5.13 Å². The van der Waals surface area contributed by atoms with E-state index in [1.807, 2.05) is 6.92 Å². The number of hydrogen-bond donors (Lipinski definition) is 2. The molecule has 0 saturated heterocycles. The first-order valence-corrected chi connectivity index (χ1v) is 6.69. The Morgan fingerprint density at radius 2 is 2.19 bits per heavy atom. The first kappa shape index (κ1) is 11.8. The number of nitrogens with two attached hydrogens (primary N) is 1. The van der Waals surface area contributed by atoms with Crippen molar-refractivity contribution in [3.05, 3.63) is 5.82 Å². The van der Waals surface area contributed by atoms with Crippen LogP contribution in [0.25, 0.3) is 0 Å². The van der Waals surface area contributed by atoms with Crippen molar-refractivity contribution in [2.24, 2.45) is 11.7 Å². The number of anilines is 1. The number of aryl methyl sites for hydroxylation is 1. The lowest BCUT2D eigenvalue weighted by Gasteiger charge is -2.39. The fourth-order valence-corrected chi connectivity index (χ4v) is 2.96. The molecule has 4 nitrogen and oxygen atoms in total. The fraction of sp³-hybridized carbons (Fsp3) is 0.818. The molecule has 1 heterocycles. The van der Waals surface area contributed by atoms with E-state index >= 15 is 0 Å². The van der Waals surface area contributed by atoms with Crippen molar-refractivity contribution in [1.29, 1.82) is 0 Å². The van der Waals surface area contributed by atoms with Gasteiger partial charge in [-0.2, -0.15) is 4.37 Å². The van der Waals surface area contributed by atoms with E-state index < -0.39 is 0 Å². The molecule has 1 aliphatic carbocycles. The van der Waals surface area contributed by atoms with Crippen molar-refractivity contribution in [3.8, 4) is 0 Å². The number of rotatable bonds is 3. The minimum Gasteiger partial charge on any atom is -0.354 e. The summed E-state index contributed by atoms with van der Waals surface area (Å²) in [5.74, 6) is 1.67. The molecule has 1 aliphatic rings. The van der Waals surface area contributed by atoms with Gasteiger partial charge in [-0.3, -0.25) is 0 Å². The summed E-state index contributed by atoms with van der Waals surface area (Å²) in [6, 6.07) is 0. The zero-order chi connectivity index (χ0) is 11.6. The SMILES string of the molecule is Cc1nsc(NC2(CN)CCC(C)CC2)n1. The van der Waals surface area contributed by atoms with Crippen LogP contribution in [0.1, 0.15) is 38.4 Å². The fourth-order valence-electron chi connectivity index (χ4n) is 2.27. The zero-order valence-electron chi connectivity index (χ0n) is 9.99. The molecular weight excluding hydrogens is 220 g/mol. The molecule has 0 amide bonds. The van der Waals surface area contributed by atoms with Gasteiger partial charge in [-0.05, 0) is 38.5 Å². The Morgan fingerprint density at radius 1 is 1.50 bits per heavy atom. The maximum absolute atomic E-state index is 5.93. The second-order valence-electron chi connectivity index (χ2n) is 4.94. The first-order chi connectivity index (χ1) is 7.63. The molecule has 0 spiro atoms. The minimum absolute atomic E-state index is 0.0541. The van der Waals surface area contributed by atoms with Gasteiger partial charge in [0, 0.05) is 18.1 Å². The molecule has 1 aromatic rings. The molecular formula is C11H20N4S. The summed E-state index contributed by atoms with van der Waals surface area (Å²) in [5, 5.41) is 4.42. The molecule has 3 N–H and O–H groups in total. The van der Waals surface area contributed by atoms with E-state index in [2.05, 4.69) is 21.6 Å². The van der Waals surface area contributed by atoms with E-state index in [1.54, 1.807) is 0 Å². The molecule has 1 saturated carbocycles. The number of aromatic nitrogens is 2. The summed E-state index contributed by atoms with van der Waals surface area (Å²) in [7, 11) is 0. The average molecular weight is 240 g/mol. The van der Waals surface area contributed by atoms with Gasteiger partial charge in [0.05, 0.1) is 5.54 Å². The lowest BCUT2D eigenvalue weighted by molar-refractivity contribution is 0.271. The Kier molecular flexibility index (Phi) is 3.44. The van der Waals surface area contributed by atoms with E-state index in [9.17, 15) is 0 Å². The predicted octanol–water partition coefficient (Wildman–Crippen LogP) is 2.17. The predicted molar refractivity (Wildman–Crippen MR) is 67.7 cm³/mol. The molecule has 16 heavy (non-hydrogen) atoms. The van der Waals surface area contributed by atoms with Crippen LogP contribution in [0.2, 0.25) is 0 Å². The molecule has 0 aromatic carbocycles. The number of hydrogen-bond acceptors (Lipinski definition) is 5. The molecule has 5 heteroatoms. The minimum atomic E-state index is 0.0541. The molecule has 2 rings (SSSR count). The number of nitrogens with one attached hydrogen (secondary N) is 1. The van der Waals surface area contributed by atoms with Gasteiger partial charge >= 0.3 is 0 Å². The van der Waals surface area contributed by atoms with Crippen molar-refractivity contribution < 1.29 is 0 Å². The Bertz CT molecular complexity index is 342. The summed E-state index contributed by atoms with van der Waals surface area (Å²) in [6.07, 6.45) is 4.79. The molecule has 1 fully saturated rings. The van der Waals surface area contributed by atoms with Gasteiger partial charge in [0.1, 0.15) is 5.82 Å². The van der Waals surface area contributed by atoms with Gasteiger partial charge in [-0.25, -0.2) is 4.98 Å². The summed E-state index contributed by atoms with van der Waals surface area (Å²) in [6.45, 7) is 4.91. The molecule has 0 unspecified atom stereocenters. The second-order valence-corrected chi connectivity index (χ2v) is 5.69. The van der Waals surface area contributed by atoms with Crippen LogP contribution in [0.5, 0.6) is 0 Å². The normalized spacial score (nSPS) is 30.3. The van der Waals surface area contributed by atoms with Crippen LogP contribution in [0.15, 0.2) is 0 Å². The first-order valence-electron chi connectivity index (χ1n) is 5.92. The van der Waals surface area contributed by atoms with Crippen molar-refractivity contribution in [1.82, 2.24) is 9.36 Å². The van der Waals surface area contributed by atoms with E-state index in [0.717, 1.165) is 29.7 Å². The van der Waals surface area contributed by atoms with Crippen LogP contribution < -0.4 is 11.1 Å². The Hall–Kier alpha value is -0.680.